The van der Waals surface area contributed by atoms with E-state index in [-0.39, 0.29) is 16.9 Å². The topological polar surface area (TPSA) is 50.4 Å². The molecule has 0 spiro atoms. The summed E-state index contributed by atoms with van der Waals surface area (Å²) in [7, 11) is 1.61. The molecule has 126 valence electrons. The lowest BCUT2D eigenvalue weighted by atomic mass is 9.80. The molecule has 23 heavy (non-hydrogen) atoms. The van der Waals surface area contributed by atoms with Crippen molar-refractivity contribution in [2.45, 2.75) is 57.7 Å². The summed E-state index contributed by atoms with van der Waals surface area (Å²) in [4.78, 5) is 12.2. The summed E-state index contributed by atoms with van der Waals surface area (Å²) in [6.07, 6.45) is 5.44. The van der Waals surface area contributed by atoms with Crippen molar-refractivity contribution in [3.63, 3.8) is 0 Å². The van der Waals surface area contributed by atoms with E-state index in [2.05, 4.69) is 38.3 Å². The third kappa shape index (κ3) is 5.10. The first kappa shape index (κ1) is 17.5. The Bertz CT molecular complexity index is 558. The van der Waals surface area contributed by atoms with Crippen molar-refractivity contribution < 1.29 is 9.53 Å². The van der Waals surface area contributed by atoms with Gasteiger partial charge in [0.25, 0.3) is 0 Å². The second-order valence-corrected chi connectivity index (χ2v) is 7.59. The van der Waals surface area contributed by atoms with Crippen molar-refractivity contribution in [2.24, 2.45) is 0 Å². The lowest BCUT2D eigenvalue weighted by molar-refractivity contribution is 0.104. The SMILES string of the molecule is COc1ccc(C(=O)C=CNC2CC(C)(C)NC(C)(C)C2)cc1. The number of hydrogen-bond donors (Lipinski definition) is 2. The van der Waals surface area contributed by atoms with Gasteiger partial charge in [-0.15, -0.1) is 0 Å². The van der Waals surface area contributed by atoms with E-state index >= 15 is 0 Å². The highest BCUT2D eigenvalue weighted by molar-refractivity contribution is 6.04. The molecule has 1 heterocycles. The highest BCUT2D eigenvalue weighted by Crippen LogP contribution is 2.28. The van der Waals surface area contributed by atoms with Gasteiger partial charge in [-0.2, -0.15) is 0 Å². The maximum atomic E-state index is 12.2. The number of nitrogens with one attached hydrogen (secondary N) is 2. The zero-order valence-corrected chi connectivity index (χ0v) is 14.8. The van der Waals surface area contributed by atoms with Crippen LogP contribution in [0, 0.1) is 0 Å². The molecule has 0 aromatic heterocycles. The molecule has 0 radical (unpaired) electrons. The number of methoxy groups -OCH3 is 1. The van der Waals surface area contributed by atoms with Crippen LogP contribution in [0.25, 0.3) is 0 Å². The highest BCUT2D eigenvalue weighted by atomic mass is 16.5. The summed E-state index contributed by atoms with van der Waals surface area (Å²) in [6, 6.07) is 7.52. The van der Waals surface area contributed by atoms with Crippen LogP contribution in [0.5, 0.6) is 5.75 Å². The van der Waals surface area contributed by atoms with Gasteiger partial charge in [-0.25, -0.2) is 0 Å². The number of allylic oxidation sites excluding steroid dienone is 1. The van der Waals surface area contributed by atoms with Crippen LogP contribution in [0.2, 0.25) is 0 Å². The molecular weight excluding hydrogens is 288 g/mol. The van der Waals surface area contributed by atoms with Crippen LogP contribution in [0.1, 0.15) is 50.9 Å². The molecule has 0 unspecified atom stereocenters. The molecule has 1 aliphatic rings. The quantitative estimate of drug-likeness (QED) is 0.646. The minimum atomic E-state index is -0.00684. The van der Waals surface area contributed by atoms with Crippen LogP contribution in [0.15, 0.2) is 36.5 Å². The van der Waals surface area contributed by atoms with E-state index in [1.165, 1.54) is 0 Å². The van der Waals surface area contributed by atoms with Gasteiger partial charge < -0.3 is 15.4 Å². The third-order valence-corrected chi connectivity index (χ3v) is 4.13. The van der Waals surface area contributed by atoms with E-state index in [4.69, 9.17) is 4.74 Å². The second kappa shape index (κ2) is 6.75. The van der Waals surface area contributed by atoms with Crippen LogP contribution >= 0.6 is 0 Å². The third-order valence-electron chi connectivity index (χ3n) is 4.13. The molecular formula is C19H28N2O2. The highest BCUT2D eigenvalue weighted by Gasteiger charge is 2.37. The lowest BCUT2D eigenvalue weighted by Crippen LogP contribution is -2.61. The fraction of sp³-hybridized carbons (Fsp3) is 0.526. The van der Waals surface area contributed by atoms with E-state index < -0.39 is 0 Å². The monoisotopic (exact) mass is 316 g/mol. The fourth-order valence-electron chi connectivity index (χ4n) is 3.55. The van der Waals surface area contributed by atoms with Crippen LogP contribution in [-0.4, -0.2) is 30.0 Å². The Hall–Kier alpha value is -1.81. The van der Waals surface area contributed by atoms with Gasteiger partial charge in [-0.05, 0) is 64.8 Å². The van der Waals surface area contributed by atoms with Crippen molar-refractivity contribution in [2.75, 3.05) is 7.11 Å². The van der Waals surface area contributed by atoms with E-state index in [0.29, 0.717) is 11.6 Å². The summed E-state index contributed by atoms with van der Waals surface area (Å²) in [5.41, 5.74) is 0.843. The minimum absolute atomic E-state index is 0.00684. The fourth-order valence-corrected chi connectivity index (χ4v) is 3.55. The molecule has 1 saturated heterocycles. The average molecular weight is 316 g/mol. The Balaban J connectivity index is 1.93. The molecule has 4 nitrogen and oxygen atoms in total. The molecule has 0 amide bonds. The largest absolute Gasteiger partial charge is 0.497 e. The summed E-state index contributed by atoms with van der Waals surface area (Å²) in [6.45, 7) is 8.87. The number of carbonyl (C=O) groups is 1. The first-order valence-electron chi connectivity index (χ1n) is 8.11. The summed E-state index contributed by atoms with van der Waals surface area (Å²) < 4.78 is 5.10. The second-order valence-electron chi connectivity index (χ2n) is 7.59. The van der Waals surface area contributed by atoms with Gasteiger partial charge in [-0.1, -0.05) is 0 Å². The normalized spacial score (nSPS) is 20.4. The predicted octanol–water partition coefficient (Wildman–Crippen LogP) is 3.29. The Morgan fingerprint density at radius 1 is 1.17 bits per heavy atom. The minimum Gasteiger partial charge on any atom is -0.497 e. The van der Waals surface area contributed by atoms with Crippen LogP contribution in [0.3, 0.4) is 0 Å². The Labute approximate surface area is 139 Å². The lowest BCUT2D eigenvalue weighted by Gasteiger charge is -2.46. The number of carbonyl (C=O) groups excluding carboxylic acids is 1. The molecule has 2 N–H and O–H groups in total. The van der Waals surface area contributed by atoms with Crippen LogP contribution < -0.4 is 15.4 Å². The Kier molecular flexibility index (Phi) is 5.15. The predicted molar refractivity (Wildman–Crippen MR) is 93.9 cm³/mol. The molecule has 0 atom stereocenters. The Morgan fingerprint density at radius 3 is 2.26 bits per heavy atom. The smallest absolute Gasteiger partial charge is 0.187 e. The van der Waals surface area contributed by atoms with Gasteiger partial charge in [-0.3, -0.25) is 4.79 Å². The van der Waals surface area contributed by atoms with Crippen LogP contribution in [-0.2, 0) is 0 Å². The molecule has 2 rings (SSSR count). The summed E-state index contributed by atoms with van der Waals surface area (Å²) >= 11 is 0. The number of hydrogen-bond acceptors (Lipinski definition) is 4. The number of piperidine rings is 1. The van der Waals surface area contributed by atoms with Crippen LogP contribution in [0.4, 0.5) is 0 Å². The number of ether oxygens (including phenoxy) is 1. The van der Waals surface area contributed by atoms with Gasteiger partial charge in [0.2, 0.25) is 0 Å². The molecule has 1 fully saturated rings. The maximum Gasteiger partial charge on any atom is 0.187 e. The van der Waals surface area contributed by atoms with Crippen molar-refractivity contribution in [1.82, 2.24) is 10.6 Å². The average Bonchev–Trinajstić information content (AvgIpc) is 2.44. The maximum absolute atomic E-state index is 12.2. The van der Waals surface area contributed by atoms with Crippen molar-refractivity contribution in [3.8, 4) is 5.75 Å². The van der Waals surface area contributed by atoms with E-state index in [9.17, 15) is 4.79 Å². The Morgan fingerprint density at radius 2 is 1.74 bits per heavy atom. The number of rotatable bonds is 5. The van der Waals surface area contributed by atoms with Crippen molar-refractivity contribution in [3.05, 3.63) is 42.1 Å². The van der Waals surface area contributed by atoms with Gasteiger partial charge in [0.15, 0.2) is 5.78 Å². The zero-order valence-electron chi connectivity index (χ0n) is 14.8. The molecule has 0 saturated carbocycles. The van der Waals surface area contributed by atoms with Crippen molar-refractivity contribution in [1.29, 1.82) is 0 Å². The number of benzene rings is 1. The molecule has 0 aliphatic carbocycles. The zero-order chi connectivity index (χ0) is 17.1. The molecule has 1 aromatic rings. The molecule has 0 bridgehead atoms. The van der Waals surface area contributed by atoms with E-state index in [1.54, 1.807) is 43.7 Å². The van der Waals surface area contributed by atoms with Gasteiger partial charge in [0.05, 0.1) is 7.11 Å². The van der Waals surface area contributed by atoms with Gasteiger partial charge in [0, 0.05) is 35.0 Å². The first-order chi connectivity index (χ1) is 10.7. The molecule has 1 aliphatic heterocycles. The van der Waals surface area contributed by atoms with Gasteiger partial charge >= 0.3 is 0 Å². The summed E-state index contributed by atoms with van der Waals surface area (Å²) in [5, 5.41) is 7.04. The standard InChI is InChI=1S/C19H28N2O2/c1-18(2)12-15(13-19(3,4)21-18)20-11-10-17(22)14-6-8-16(23-5)9-7-14/h6-11,15,20-21H,12-13H2,1-5H3. The molecule has 4 heteroatoms. The van der Waals surface area contributed by atoms with Gasteiger partial charge in [0.1, 0.15) is 5.75 Å². The molecule has 1 aromatic carbocycles. The van der Waals surface area contributed by atoms with E-state index in [0.717, 1.165) is 18.6 Å². The summed E-state index contributed by atoms with van der Waals surface area (Å²) in [5.74, 6) is 0.746. The van der Waals surface area contributed by atoms with Crippen molar-refractivity contribution >= 4 is 5.78 Å². The van der Waals surface area contributed by atoms with E-state index in [1.807, 2.05) is 0 Å². The number of ketones is 1. The first-order valence-corrected chi connectivity index (χ1v) is 8.11.